The van der Waals surface area contributed by atoms with Gasteiger partial charge in [0, 0.05) is 16.7 Å². The summed E-state index contributed by atoms with van der Waals surface area (Å²) in [4.78, 5) is 20.4. The fraction of sp³-hybridized carbons (Fsp3) is 0.125. The summed E-state index contributed by atoms with van der Waals surface area (Å²) in [5.74, 6) is 1.89. The number of H-pyrrole nitrogens is 1. The third-order valence-electron chi connectivity index (χ3n) is 4.86. The lowest BCUT2D eigenvalue weighted by Crippen LogP contribution is -2.17. The van der Waals surface area contributed by atoms with Gasteiger partial charge in [0.15, 0.2) is 11.5 Å². The molecule has 4 rings (SSSR count). The molecular formula is C24H22N4O4. The van der Waals surface area contributed by atoms with Crippen LogP contribution in [0.3, 0.4) is 0 Å². The van der Waals surface area contributed by atoms with Crippen molar-refractivity contribution in [3.05, 3.63) is 71.8 Å². The first-order chi connectivity index (χ1) is 15.6. The molecular weight excluding hydrogens is 408 g/mol. The summed E-state index contributed by atoms with van der Waals surface area (Å²) in [5, 5.41) is 4.05. The second-order valence-corrected chi connectivity index (χ2v) is 6.84. The van der Waals surface area contributed by atoms with E-state index in [1.165, 1.54) is 27.5 Å². The van der Waals surface area contributed by atoms with Gasteiger partial charge in [0.1, 0.15) is 5.82 Å². The van der Waals surface area contributed by atoms with E-state index in [2.05, 4.69) is 20.5 Å². The highest BCUT2D eigenvalue weighted by atomic mass is 16.5. The summed E-state index contributed by atoms with van der Waals surface area (Å²) in [6.45, 7) is 0. The number of nitrogens with one attached hydrogen (secondary N) is 2. The lowest BCUT2D eigenvalue weighted by molar-refractivity contribution is 0.0955. The second kappa shape index (κ2) is 9.22. The molecule has 4 aromatic rings. The molecule has 0 aliphatic rings. The zero-order chi connectivity index (χ0) is 22.5. The minimum absolute atomic E-state index is 0.341. The maximum atomic E-state index is 12.6. The van der Waals surface area contributed by atoms with Crippen LogP contribution in [0.1, 0.15) is 15.9 Å². The largest absolute Gasteiger partial charge is 0.493 e. The highest BCUT2D eigenvalue weighted by molar-refractivity contribution is 5.98. The van der Waals surface area contributed by atoms with Gasteiger partial charge in [0.25, 0.3) is 5.91 Å². The van der Waals surface area contributed by atoms with E-state index in [-0.39, 0.29) is 5.91 Å². The fourth-order valence-corrected chi connectivity index (χ4v) is 3.29. The van der Waals surface area contributed by atoms with Crippen molar-refractivity contribution in [3.63, 3.8) is 0 Å². The normalized spacial score (nSPS) is 11.0. The summed E-state index contributed by atoms with van der Waals surface area (Å²) in [6.07, 6.45) is 1.50. The van der Waals surface area contributed by atoms with Crippen molar-refractivity contribution in [3.8, 4) is 28.6 Å². The van der Waals surface area contributed by atoms with Gasteiger partial charge in [-0.25, -0.2) is 10.4 Å². The van der Waals surface area contributed by atoms with Gasteiger partial charge >= 0.3 is 0 Å². The van der Waals surface area contributed by atoms with Gasteiger partial charge in [-0.15, -0.1) is 0 Å². The Bertz CT molecular complexity index is 1260. The summed E-state index contributed by atoms with van der Waals surface area (Å²) in [6, 6.07) is 18.5. The number of imidazole rings is 1. The molecule has 8 nitrogen and oxygen atoms in total. The number of carbonyl (C=O) groups is 1. The monoisotopic (exact) mass is 430 g/mol. The quantitative estimate of drug-likeness (QED) is 0.341. The van der Waals surface area contributed by atoms with Gasteiger partial charge in [0.05, 0.1) is 38.6 Å². The van der Waals surface area contributed by atoms with Crippen LogP contribution in [-0.4, -0.2) is 43.4 Å². The predicted molar refractivity (Wildman–Crippen MR) is 123 cm³/mol. The third-order valence-corrected chi connectivity index (χ3v) is 4.86. The molecule has 1 heterocycles. The highest BCUT2D eigenvalue weighted by Gasteiger charge is 2.13. The van der Waals surface area contributed by atoms with Crippen LogP contribution in [0.4, 0.5) is 0 Å². The number of ether oxygens (including phenoxy) is 3. The molecule has 0 aliphatic carbocycles. The molecule has 162 valence electrons. The number of amides is 1. The number of fused-ring (bicyclic) bond motifs is 1. The van der Waals surface area contributed by atoms with Crippen molar-refractivity contribution in [2.45, 2.75) is 0 Å². The van der Waals surface area contributed by atoms with Gasteiger partial charge in [0.2, 0.25) is 5.75 Å². The van der Waals surface area contributed by atoms with Crippen molar-refractivity contribution < 1.29 is 19.0 Å². The number of carbonyl (C=O) groups excluding carboxylic acids is 1. The van der Waals surface area contributed by atoms with Gasteiger partial charge < -0.3 is 19.2 Å². The molecule has 8 heteroatoms. The Hall–Kier alpha value is -4.33. The molecule has 0 fully saturated rings. The van der Waals surface area contributed by atoms with Crippen molar-refractivity contribution in [1.29, 1.82) is 0 Å². The van der Waals surface area contributed by atoms with Crippen molar-refractivity contribution >= 4 is 23.2 Å². The minimum atomic E-state index is -0.341. The molecule has 0 saturated carbocycles. The number of benzene rings is 3. The molecule has 0 aliphatic heterocycles. The average molecular weight is 430 g/mol. The Morgan fingerprint density at radius 2 is 1.69 bits per heavy atom. The van der Waals surface area contributed by atoms with Crippen LogP contribution >= 0.6 is 0 Å². The first-order valence-corrected chi connectivity index (χ1v) is 9.81. The summed E-state index contributed by atoms with van der Waals surface area (Å²) < 4.78 is 16.0. The molecule has 0 saturated heterocycles. The molecule has 0 bridgehead atoms. The van der Waals surface area contributed by atoms with Crippen LogP contribution < -0.4 is 19.6 Å². The molecule has 32 heavy (non-hydrogen) atoms. The van der Waals surface area contributed by atoms with E-state index in [1.54, 1.807) is 30.3 Å². The van der Waals surface area contributed by atoms with E-state index in [0.717, 1.165) is 22.4 Å². The van der Waals surface area contributed by atoms with E-state index >= 15 is 0 Å². The Morgan fingerprint density at radius 1 is 0.969 bits per heavy atom. The van der Waals surface area contributed by atoms with Crippen LogP contribution in [0.2, 0.25) is 0 Å². The van der Waals surface area contributed by atoms with Crippen LogP contribution in [0, 0.1) is 0 Å². The number of hydrogen-bond acceptors (Lipinski definition) is 6. The van der Waals surface area contributed by atoms with E-state index in [1.807, 2.05) is 30.3 Å². The number of nitrogens with zero attached hydrogens (tertiary/aromatic N) is 2. The first kappa shape index (κ1) is 20.9. The molecule has 2 N–H and O–H groups in total. The van der Waals surface area contributed by atoms with Crippen LogP contribution in [0.15, 0.2) is 65.8 Å². The lowest BCUT2D eigenvalue weighted by atomic mass is 10.2. The first-order valence-electron chi connectivity index (χ1n) is 9.81. The predicted octanol–water partition coefficient (Wildman–Crippen LogP) is 4.02. The van der Waals surface area contributed by atoms with E-state index in [4.69, 9.17) is 14.2 Å². The van der Waals surface area contributed by atoms with Crippen molar-refractivity contribution in [2.75, 3.05) is 21.3 Å². The van der Waals surface area contributed by atoms with Crippen molar-refractivity contribution in [1.82, 2.24) is 15.4 Å². The average Bonchev–Trinajstić information content (AvgIpc) is 3.27. The minimum Gasteiger partial charge on any atom is -0.493 e. The van der Waals surface area contributed by atoms with Crippen molar-refractivity contribution in [2.24, 2.45) is 5.10 Å². The number of aromatic nitrogens is 2. The van der Waals surface area contributed by atoms with Gasteiger partial charge in [-0.2, -0.15) is 5.10 Å². The third kappa shape index (κ3) is 4.24. The fourth-order valence-electron chi connectivity index (χ4n) is 3.29. The zero-order valence-corrected chi connectivity index (χ0v) is 17.9. The molecule has 3 aromatic carbocycles. The van der Waals surface area contributed by atoms with E-state index in [0.29, 0.717) is 28.4 Å². The molecule has 1 amide bonds. The van der Waals surface area contributed by atoms with Gasteiger partial charge in [-0.3, -0.25) is 4.79 Å². The molecule has 1 aromatic heterocycles. The van der Waals surface area contributed by atoms with Crippen LogP contribution in [0.25, 0.3) is 22.4 Å². The number of methoxy groups -OCH3 is 3. The maximum Gasteiger partial charge on any atom is 0.271 e. The summed E-state index contributed by atoms with van der Waals surface area (Å²) >= 11 is 0. The highest BCUT2D eigenvalue weighted by Crippen LogP contribution is 2.37. The van der Waals surface area contributed by atoms with Gasteiger partial charge in [-0.1, -0.05) is 30.3 Å². The summed E-state index contributed by atoms with van der Waals surface area (Å²) in [7, 11) is 4.61. The molecule has 0 spiro atoms. The topological polar surface area (TPSA) is 97.8 Å². The second-order valence-electron chi connectivity index (χ2n) is 6.84. The summed E-state index contributed by atoms with van der Waals surface area (Å²) in [5.41, 5.74) is 6.20. The molecule has 0 atom stereocenters. The van der Waals surface area contributed by atoms with Crippen LogP contribution in [0.5, 0.6) is 17.2 Å². The number of rotatable bonds is 7. The lowest BCUT2D eigenvalue weighted by Gasteiger charge is -2.12. The Balaban J connectivity index is 1.51. The SMILES string of the molecule is COc1cc(C=NNC(=O)c2ccc3nc(-c4ccccc4)[nH]c3c2)cc(OC)c1OC. The Morgan fingerprint density at radius 3 is 2.34 bits per heavy atom. The Labute approximate surface area is 184 Å². The number of hydrogen-bond donors (Lipinski definition) is 2. The number of hydrazone groups is 1. The number of aromatic amines is 1. The van der Waals surface area contributed by atoms with Crippen LogP contribution in [-0.2, 0) is 0 Å². The van der Waals surface area contributed by atoms with E-state index in [9.17, 15) is 4.79 Å². The Kier molecular flexibility index (Phi) is 6.03. The smallest absolute Gasteiger partial charge is 0.271 e. The zero-order valence-electron chi connectivity index (χ0n) is 17.9. The molecule has 0 radical (unpaired) electrons. The maximum absolute atomic E-state index is 12.6. The van der Waals surface area contributed by atoms with Gasteiger partial charge in [-0.05, 0) is 30.3 Å². The van der Waals surface area contributed by atoms with E-state index < -0.39 is 0 Å². The molecule has 0 unspecified atom stereocenters. The standard InChI is InChI=1S/C24H22N4O4/c1-30-20-11-15(12-21(31-2)22(20)32-3)14-25-28-24(29)17-9-10-18-19(13-17)27-23(26-18)16-7-5-4-6-8-16/h4-14H,1-3H3,(H,26,27)(H,28,29).